The number of aromatic nitrogens is 1. The van der Waals surface area contributed by atoms with Gasteiger partial charge in [-0.3, -0.25) is 4.90 Å². The Labute approximate surface area is 180 Å². The molecule has 2 aliphatic carbocycles. The number of rotatable bonds is 7. The average molecular weight is 409 g/mol. The summed E-state index contributed by atoms with van der Waals surface area (Å²) in [4.78, 5) is 4.95. The average Bonchev–Trinajstić information content (AvgIpc) is 3.17. The largest absolute Gasteiger partial charge is 0.369 e. The smallest absolute Gasteiger partial charge is 0.150 e. The molecule has 1 aromatic carbocycles. The van der Waals surface area contributed by atoms with E-state index in [0.29, 0.717) is 17.4 Å². The summed E-state index contributed by atoms with van der Waals surface area (Å²) >= 11 is 0. The maximum absolute atomic E-state index is 5.71. The van der Waals surface area contributed by atoms with Crippen molar-refractivity contribution in [2.24, 2.45) is 11.3 Å². The van der Waals surface area contributed by atoms with E-state index in [0.717, 1.165) is 56.6 Å². The molecular formula is C25H36N4O. The molecule has 0 radical (unpaired) electrons. The molecule has 3 fully saturated rings. The van der Waals surface area contributed by atoms with Crippen molar-refractivity contribution in [1.82, 2.24) is 15.4 Å². The molecule has 2 heterocycles. The highest BCUT2D eigenvalue weighted by Crippen LogP contribution is 2.48. The summed E-state index contributed by atoms with van der Waals surface area (Å²) in [6, 6.07) is 14.4. The Morgan fingerprint density at radius 2 is 1.87 bits per heavy atom. The Morgan fingerprint density at radius 3 is 2.53 bits per heavy atom. The number of piperazine rings is 1. The van der Waals surface area contributed by atoms with Crippen molar-refractivity contribution in [3.05, 3.63) is 47.9 Å². The molecule has 1 aliphatic heterocycles. The Bertz CT molecular complexity index is 821. The second-order valence-electron chi connectivity index (χ2n) is 10.2. The topological polar surface area (TPSA) is 44.5 Å². The maximum atomic E-state index is 5.71. The predicted molar refractivity (Wildman–Crippen MR) is 121 cm³/mol. The molecule has 2 saturated carbocycles. The van der Waals surface area contributed by atoms with E-state index in [9.17, 15) is 0 Å². The lowest BCUT2D eigenvalue weighted by Gasteiger charge is -2.54. The van der Waals surface area contributed by atoms with E-state index in [1.165, 1.54) is 31.4 Å². The van der Waals surface area contributed by atoms with Crippen LogP contribution in [-0.4, -0.2) is 48.3 Å². The first kappa shape index (κ1) is 20.1. The molecular weight excluding hydrogens is 372 g/mol. The van der Waals surface area contributed by atoms with E-state index in [4.69, 9.17) is 4.52 Å². The third kappa shape index (κ3) is 4.15. The van der Waals surface area contributed by atoms with Crippen LogP contribution in [0.3, 0.4) is 0 Å². The number of benzene rings is 1. The molecule has 5 nitrogen and oxygen atoms in total. The van der Waals surface area contributed by atoms with Crippen LogP contribution >= 0.6 is 0 Å². The maximum Gasteiger partial charge on any atom is 0.150 e. The van der Waals surface area contributed by atoms with Crippen LogP contribution in [0.1, 0.15) is 51.0 Å². The van der Waals surface area contributed by atoms with Crippen LogP contribution in [0.15, 0.2) is 40.9 Å². The van der Waals surface area contributed by atoms with Crippen LogP contribution in [-0.2, 0) is 13.0 Å². The van der Waals surface area contributed by atoms with Crippen LogP contribution in [0.2, 0.25) is 0 Å². The van der Waals surface area contributed by atoms with Gasteiger partial charge in [0, 0.05) is 50.0 Å². The van der Waals surface area contributed by atoms with Gasteiger partial charge in [-0.15, -0.1) is 0 Å². The summed E-state index contributed by atoms with van der Waals surface area (Å²) in [5, 5.41) is 8.29. The number of hydrogen-bond acceptors (Lipinski definition) is 5. The van der Waals surface area contributed by atoms with Gasteiger partial charge in [-0.05, 0) is 49.1 Å². The van der Waals surface area contributed by atoms with Gasteiger partial charge in [0.25, 0.3) is 0 Å². The molecule has 0 spiro atoms. The first-order valence-corrected chi connectivity index (χ1v) is 11.8. The van der Waals surface area contributed by atoms with Crippen molar-refractivity contribution in [2.75, 3.05) is 31.1 Å². The van der Waals surface area contributed by atoms with Crippen molar-refractivity contribution < 1.29 is 4.52 Å². The fourth-order valence-electron chi connectivity index (χ4n) is 5.31. The lowest BCUT2D eigenvalue weighted by Crippen LogP contribution is -2.60. The van der Waals surface area contributed by atoms with Crippen molar-refractivity contribution in [1.29, 1.82) is 0 Å². The molecule has 2 aromatic rings. The van der Waals surface area contributed by atoms with E-state index in [-0.39, 0.29) is 0 Å². The SMILES string of the molecule is CC1(C)[C@H](Cc2cc(CN3CCN(c4ccccc4)CC3)on2)C[C@@H]1NC1CCC1. The van der Waals surface area contributed by atoms with Crippen LogP contribution in [0.25, 0.3) is 0 Å². The highest BCUT2D eigenvalue weighted by atomic mass is 16.5. The molecule has 5 heteroatoms. The fourth-order valence-corrected chi connectivity index (χ4v) is 5.31. The zero-order valence-corrected chi connectivity index (χ0v) is 18.5. The lowest BCUT2D eigenvalue weighted by molar-refractivity contribution is 0.000511. The summed E-state index contributed by atoms with van der Waals surface area (Å²) in [7, 11) is 0. The Balaban J connectivity index is 1.09. The van der Waals surface area contributed by atoms with Gasteiger partial charge < -0.3 is 14.7 Å². The Kier molecular flexibility index (Phi) is 5.59. The zero-order chi connectivity index (χ0) is 20.6. The van der Waals surface area contributed by atoms with Crippen molar-refractivity contribution in [3.63, 3.8) is 0 Å². The minimum atomic E-state index is 0.350. The number of nitrogens with zero attached hydrogens (tertiary/aromatic N) is 3. The third-order valence-corrected chi connectivity index (χ3v) is 7.95. The van der Waals surface area contributed by atoms with Gasteiger partial charge in [0.05, 0.1) is 12.2 Å². The second-order valence-corrected chi connectivity index (χ2v) is 10.2. The molecule has 5 rings (SSSR count). The van der Waals surface area contributed by atoms with Gasteiger partial charge in [-0.25, -0.2) is 0 Å². The first-order valence-electron chi connectivity index (χ1n) is 11.8. The van der Waals surface area contributed by atoms with E-state index >= 15 is 0 Å². The summed E-state index contributed by atoms with van der Waals surface area (Å²) in [5.74, 6) is 1.71. The van der Waals surface area contributed by atoms with E-state index in [2.05, 4.69) is 70.5 Å². The highest BCUT2D eigenvalue weighted by molar-refractivity contribution is 5.46. The van der Waals surface area contributed by atoms with Crippen LogP contribution in [0, 0.1) is 11.3 Å². The fraction of sp³-hybridized carbons (Fsp3) is 0.640. The highest BCUT2D eigenvalue weighted by Gasteiger charge is 2.48. The van der Waals surface area contributed by atoms with Gasteiger partial charge in [-0.2, -0.15) is 0 Å². The summed E-state index contributed by atoms with van der Waals surface area (Å²) in [5.41, 5.74) is 2.81. The van der Waals surface area contributed by atoms with E-state index in [1.807, 2.05) is 0 Å². The molecule has 2 atom stereocenters. The Hall–Kier alpha value is -1.85. The van der Waals surface area contributed by atoms with Gasteiger partial charge in [0.2, 0.25) is 0 Å². The van der Waals surface area contributed by atoms with Gasteiger partial charge >= 0.3 is 0 Å². The van der Waals surface area contributed by atoms with Crippen LogP contribution in [0.5, 0.6) is 0 Å². The molecule has 1 saturated heterocycles. The minimum Gasteiger partial charge on any atom is -0.369 e. The summed E-state index contributed by atoms with van der Waals surface area (Å²) < 4.78 is 5.71. The van der Waals surface area contributed by atoms with Gasteiger partial charge in [-0.1, -0.05) is 43.6 Å². The monoisotopic (exact) mass is 408 g/mol. The van der Waals surface area contributed by atoms with E-state index in [1.54, 1.807) is 0 Å². The quantitative estimate of drug-likeness (QED) is 0.747. The van der Waals surface area contributed by atoms with Crippen molar-refractivity contribution >= 4 is 5.69 Å². The first-order chi connectivity index (χ1) is 14.6. The molecule has 1 aromatic heterocycles. The van der Waals surface area contributed by atoms with Crippen LogP contribution in [0.4, 0.5) is 5.69 Å². The summed E-state index contributed by atoms with van der Waals surface area (Å²) in [6.07, 6.45) is 6.44. The van der Waals surface area contributed by atoms with Gasteiger partial charge in [0.15, 0.2) is 5.76 Å². The van der Waals surface area contributed by atoms with Gasteiger partial charge in [0.1, 0.15) is 0 Å². The molecule has 30 heavy (non-hydrogen) atoms. The minimum absolute atomic E-state index is 0.350. The number of nitrogens with one attached hydrogen (secondary N) is 1. The third-order valence-electron chi connectivity index (χ3n) is 7.95. The molecule has 0 unspecified atom stereocenters. The zero-order valence-electron chi connectivity index (χ0n) is 18.5. The van der Waals surface area contributed by atoms with Crippen LogP contribution < -0.4 is 10.2 Å². The Morgan fingerprint density at radius 1 is 1.10 bits per heavy atom. The summed E-state index contributed by atoms with van der Waals surface area (Å²) in [6.45, 7) is 9.97. The second kappa shape index (κ2) is 8.35. The molecule has 162 valence electrons. The molecule has 0 amide bonds. The van der Waals surface area contributed by atoms with Crippen molar-refractivity contribution in [2.45, 2.75) is 64.6 Å². The number of hydrogen-bond donors (Lipinski definition) is 1. The predicted octanol–water partition coefficient (Wildman–Crippen LogP) is 4.10. The molecule has 1 N–H and O–H groups in total. The number of para-hydroxylation sites is 1. The number of anilines is 1. The lowest BCUT2D eigenvalue weighted by atomic mass is 9.57. The van der Waals surface area contributed by atoms with Crippen molar-refractivity contribution in [3.8, 4) is 0 Å². The molecule has 3 aliphatic rings. The standard InChI is InChI=1S/C25H36N4O/c1-25(2)19(16-24(25)26-20-7-6-8-20)15-21-17-23(30-27-21)18-28-11-13-29(14-12-28)22-9-4-3-5-10-22/h3-5,9-10,17,19-20,24,26H,6-8,11-16,18H2,1-2H3/t19-,24+/m1/s1. The normalized spacial score (nSPS) is 26.9. The van der Waals surface area contributed by atoms with E-state index < -0.39 is 0 Å². The molecule has 0 bridgehead atoms.